The largest absolute Gasteiger partial charge is 0.469 e. The van der Waals surface area contributed by atoms with Crippen molar-refractivity contribution in [3.8, 4) is 0 Å². The summed E-state index contributed by atoms with van der Waals surface area (Å²) in [6, 6.07) is 0. The summed E-state index contributed by atoms with van der Waals surface area (Å²) in [6.45, 7) is 1.77. The zero-order valence-corrected chi connectivity index (χ0v) is 18.3. The number of methoxy groups -OCH3 is 1. The van der Waals surface area contributed by atoms with Gasteiger partial charge in [0.1, 0.15) is 5.78 Å². The van der Waals surface area contributed by atoms with Gasteiger partial charge in [-0.2, -0.15) is 0 Å². The minimum Gasteiger partial charge on any atom is -0.469 e. The Hall–Kier alpha value is -1.98. The highest BCUT2D eigenvalue weighted by Crippen LogP contribution is 2.34. The standard InChI is InChI=1S/C25H36O5/c1-25(29,17-15-19-10-7-8-11-19)16-9-13-21-20(22(26)18-23(21)27)12-5-3-4-6-14-24(28)30-2/h3-4,9-10,13,15,17,20-21,23,27,29H,5-8,11-12,14,16,18H2,1-2H3/b4-3+,13-9+,17-15+/t20-,21-,23-,25?/m1/s1. The molecule has 1 saturated carbocycles. The third kappa shape index (κ3) is 8.04. The van der Waals surface area contributed by atoms with Crippen molar-refractivity contribution in [3.05, 3.63) is 48.1 Å². The van der Waals surface area contributed by atoms with Crippen LogP contribution < -0.4 is 0 Å². The first kappa shape index (κ1) is 24.3. The summed E-state index contributed by atoms with van der Waals surface area (Å²) in [7, 11) is 1.37. The lowest BCUT2D eigenvalue weighted by Gasteiger charge is -2.19. The lowest BCUT2D eigenvalue weighted by Crippen LogP contribution is -2.21. The molecule has 0 aromatic carbocycles. The number of rotatable bonds is 11. The van der Waals surface area contributed by atoms with Gasteiger partial charge in [0, 0.05) is 24.7 Å². The second-order valence-corrected chi connectivity index (χ2v) is 8.58. The molecule has 30 heavy (non-hydrogen) atoms. The maximum absolute atomic E-state index is 12.3. The summed E-state index contributed by atoms with van der Waals surface area (Å²) in [5, 5.41) is 20.9. The number of hydrogen-bond acceptors (Lipinski definition) is 5. The van der Waals surface area contributed by atoms with Crippen LogP contribution in [0.15, 0.2) is 48.1 Å². The number of carbonyl (C=O) groups excluding carboxylic acids is 2. The molecule has 0 spiro atoms. The van der Waals surface area contributed by atoms with Crippen LogP contribution in [0, 0.1) is 11.8 Å². The minimum absolute atomic E-state index is 0.0972. The van der Waals surface area contributed by atoms with E-state index >= 15 is 0 Å². The van der Waals surface area contributed by atoms with E-state index in [9.17, 15) is 19.8 Å². The van der Waals surface area contributed by atoms with Gasteiger partial charge in [0.15, 0.2) is 0 Å². The predicted octanol–water partition coefficient (Wildman–Crippen LogP) is 4.21. The Morgan fingerprint density at radius 2 is 2.07 bits per heavy atom. The molecule has 0 amide bonds. The van der Waals surface area contributed by atoms with Crippen LogP contribution in [-0.4, -0.2) is 40.8 Å². The molecule has 0 bridgehead atoms. The highest BCUT2D eigenvalue weighted by atomic mass is 16.5. The van der Waals surface area contributed by atoms with E-state index in [4.69, 9.17) is 0 Å². The van der Waals surface area contributed by atoms with E-state index in [1.54, 1.807) is 6.92 Å². The van der Waals surface area contributed by atoms with Crippen LogP contribution in [0.3, 0.4) is 0 Å². The average molecular weight is 417 g/mol. The minimum atomic E-state index is -0.953. The molecule has 166 valence electrons. The Balaban J connectivity index is 1.83. The normalized spacial score (nSPS) is 26.7. The Labute approximate surface area is 180 Å². The third-order valence-electron chi connectivity index (χ3n) is 5.91. The molecule has 0 aromatic rings. The third-order valence-corrected chi connectivity index (χ3v) is 5.91. The zero-order valence-electron chi connectivity index (χ0n) is 18.3. The molecule has 2 rings (SSSR count). The van der Waals surface area contributed by atoms with Crippen LogP contribution in [0.2, 0.25) is 0 Å². The molecule has 2 N–H and O–H groups in total. The van der Waals surface area contributed by atoms with Crippen molar-refractivity contribution in [2.75, 3.05) is 7.11 Å². The Bertz CT molecular complexity index is 698. The molecular weight excluding hydrogens is 380 g/mol. The summed E-state index contributed by atoms with van der Waals surface area (Å²) >= 11 is 0. The SMILES string of the molecule is COC(=O)CC/C=C/CC[C@H]1C(=O)C[C@@H](O)[C@@H]1/C=C/CC(C)(O)/C=C/C1=CCCC1. The van der Waals surface area contributed by atoms with Crippen molar-refractivity contribution < 1.29 is 24.5 Å². The Kier molecular flexibility index (Phi) is 9.73. The number of esters is 1. The van der Waals surface area contributed by atoms with E-state index in [-0.39, 0.29) is 30.0 Å². The molecule has 0 aliphatic heterocycles. The summed E-state index contributed by atoms with van der Waals surface area (Å²) in [6.07, 6.45) is 19.4. The number of ketones is 1. The van der Waals surface area contributed by atoms with E-state index in [0.29, 0.717) is 25.7 Å². The zero-order chi connectivity index (χ0) is 22.0. The number of allylic oxidation sites excluding steroid dienone is 5. The first-order valence-corrected chi connectivity index (χ1v) is 11.0. The van der Waals surface area contributed by atoms with Crippen LogP contribution in [-0.2, 0) is 14.3 Å². The van der Waals surface area contributed by atoms with Gasteiger partial charge >= 0.3 is 5.97 Å². The van der Waals surface area contributed by atoms with Gasteiger partial charge in [-0.1, -0.05) is 48.1 Å². The lowest BCUT2D eigenvalue weighted by atomic mass is 9.88. The van der Waals surface area contributed by atoms with Gasteiger partial charge < -0.3 is 14.9 Å². The second kappa shape index (κ2) is 12.0. The number of hydrogen-bond donors (Lipinski definition) is 2. The predicted molar refractivity (Wildman–Crippen MR) is 118 cm³/mol. The average Bonchev–Trinajstić information content (AvgIpc) is 3.31. The molecule has 2 aliphatic rings. The first-order chi connectivity index (χ1) is 14.3. The Morgan fingerprint density at radius 3 is 2.77 bits per heavy atom. The topological polar surface area (TPSA) is 83.8 Å². The van der Waals surface area contributed by atoms with Gasteiger partial charge in [0.2, 0.25) is 0 Å². The first-order valence-electron chi connectivity index (χ1n) is 11.0. The molecule has 1 fully saturated rings. The fourth-order valence-electron chi connectivity index (χ4n) is 4.07. The van der Waals surface area contributed by atoms with Crippen molar-refractivity contribution in [3.63, 3.8) is 0 Å². The van der Waals surface area contributed by atoms with E-state index < -0.39 is 11.7 Å². The Morgan fingerprint density at radius 1 is 1.30 bits per heavy atom. The molecule has 4 atom stereocenters. The molecule has 0 aromatic heterocycles. The maximum atomic E-state index is 12.3. The maximum Gasteiger partial charge on any atom is 0.305 e. The molecule has 1 unspecified atom stereocenters. The van der Waals surface area contributed by atoms with Crippen LogP contribution >= 0.6 is 0 Å². The number of Topliss-reactive ketones (excluding diaryl/α,β-unsaturated/α-hetero) is 1. The molecule has 0 saturated heterocycles. The lowest BCUT2D eigenvalue weighted by molar-refractivity contribution is -0.140. The molecule has 0 radical (unpaired) electrons. The van der Waals surface area contributed by atoms with E-state index in [0.717, 1.165) is 19.3 Å². The van der Waals surface area contributed by atoms with Crippen LogP contribution in [0.25, 0.3) is 0 Å². The number of carbonyl (C=O) groups is 2. The summed E-state index contributed by atoms with van der Waals surface area (Å²) in [4.78, 5) is 23.4. The molecule has 5 heteroatoms. The second-order valence-electron chi connectivity index (χ2n) is 8.58. The smallest absolute Gasteiger partial charge is 0.305 e. The van der Waals surface area contributed by atoms with Crippen molar-refractivity contribution in [1.82, 2.24) is 0 Å². The van der Waals surface area contributed by atoms with Crippen LogP contribution in [0.4, 0.5) is 0 Å². The summed E-state index contributed by atoms with van der Waals surface area (Å²) in [5.41, 5.74) is 0.321. The highest BCUT2D eigenvalue weighted by Gasteiger charge is 2.39. The van der Waals surface area contributed by atoms with Gasteiger partial charge in [-0.3, -0.25) is 9.59 Å². The number of aliphatic hydroxyl groups is 2. The molecule has 5 nitrogen and oxygen atoms in total. The number of aliphatic hydroxyl groups excluding tert-OH is 1. The van der Waals surface area contributed by atoms with E-state index in [2.05, 4.69) is 10.8 Å². The quantitative estimate of drug-likeness (QED) is 0.389. The fraction of sp³-hybridized carbons (Fsp3) is 0.600. The highest BCUT2D eigenvalue weighted by molar-refractivity contribution is 5.84. The van der Waals surface area contributed by atoms with Crippen molar-refractivity contribution in [2.24, 2.45) is 11.8 Å². The van der Waals surface area contributed by atoms with Gasteiger partial charge in [-0.15, -0.1) is 0 Å². The van der Waals surface area contributed by atoms with Crippen molar-refractivity contribution in [2.45, 2.75) is 76.4 Å². The summed E-state index contributed by atoms with van der Waals surface area (Å²) in [5.74, 6) is -0.548. The van der Waals surface area contributed by atoms with E-state index in [1.165, 1.54) is 19.1 Å². The molecule has 2 aliphatic carbocycles. The van der Waals surface area contributed by atoms with Crippen LogP contribution in [0.1, 0.15) is 64.7 Å². The fourth-order valence-corrected chi connectivity index (χ4v) is 4.07. The van der Waals surface area contributed by atoms with Crippen LogP contribution in [0.5, 0.6) is 0 Å². The van der Waals surface area contributed by atoms with Gasteiger partial charge in [-0.25, -0.2) is 0 Å². The van der Waals surface area contributed by atoms with Gasteiger partial charge in [0.05, 0.1) is 18.8 Å². The number of ether oxygens (including phenoxy) is 1. The van der Waals surface area contributed by atoms with E-state index in [1.807, 2.05) is 36.5 Å². The monoisotopic (exact) mass is 416 g/mol. The summed E-state index contributed by atoms with van der Waals surface area (Å²) < 4.78 is 4.60. The molecular formula is C25H36O5. The van der Waals surface area contributed by atoms with Crippen molar-refractivity contribution >= 4 is 11.8 Å². The van der Waals surface area contributed by atoms with Gasteiger partial charge in [-0.05, 0) is 51.9 Å². The van der Waals surface area contributed by atoms with Gasteiger partial charge in [0.25, 0.3) is 0 Å². The van der Waals surface area contributed by atoms with Crippen molar-refractivity contribution in [1.29, 1.82) is 0 Å². The molecule has 0 heterocycles.